The molecule has 70 valence electrons. The van der Waals surface area contributed by atoms with Crippen LogP contribution < -0.4 is 0 Å². The minimum absolute atomic E-state index is 0.164. The molecule has 1 aliphatic carbocycles. The van der Waals surface area contributed by atoms with Gasteiger partial charge in [0.25, 0.3) is 0 Å². The number of hydrogen-bond acceptors (Lipinski definition) is 2. The Morgan fingerprint density at radius 1 is 1.36 bits per heavy atom. The van der Waals surface area contributed by atoms with Crippen molar-refractivity contribution in [2.75, 3.05) is 0 Å². The van der Waals surface area contributed by atoms with Crippen LogP contribution in [0.3, 0.4) is 0 Å². The molecule has 0 atom stereocenters. The highest BCUT2D eigenvalue weighted by Gasteiger charge is 2.24. The Labute approximate surface area is 80.7 Å². The first kappa shape index (κ1) is 8.69. The number of rotatable bonds is 1. The number of hydrogen-bond donors (Lipinski definition) is 1. The number of allylic oxidation sites excluding steroid dienone is 1. The lowest BCUT2D eigenvalue weighted by Gasteiger charge is -1.91. The van der Waals surface area contributed by atoms with Gasteiger partial charge in [0.05, 0.1) is 0 Å². The van der Waals surface area contributed by atoms with Crippen molar-refractivity contribution in [3.8, 4) is 0 Å². The van der Waals surface area contributed by atoms with Gasteiger partial charge in [-0.05, 0) is 5.56 Å². The standard InChI is InChI=1S/C11H8O3/c12-10(13)6-8-5-7-3-1-2-4-9(7)11(8)14/h1-4,6H,5H2,(H,12,13)/b8-6-. The van der Waals surface area contributed by atoms with Gasteiger partial charge in [-0.15, -0.1) is 0 Å². The maximum absolute atomic E-state index is 11.6. The van der Waals surface area contributed by atoms with Crippen LogP contribution in [0, 0.1) is 0 Å². The maximum atomic E-state index is 11.6. The second-order valence-corrected chi connectivity index (χ2v) is 3.17. The zero-order valence-corrected chi connectivity index (χ0v) is 7.36. The first-order valence-corrected chi connectivity index (χ1v) is 4.24. The Hall–Kier alpha value is -1.90. The van der Waals surface area contributed by atoms with E-state index in [2.05, 4.69) is 0 Å². The van der Waals surface area contributed by atoms with Crippen molar-refractivity contribution in [2.24, 2.45) is 0 Å². The van der Waals surface area contributed by atoms with Gasteiger partial charge in [0.1, 0.15) is 0 Å². The Kier molecular flexibility index (Phi) is 1.93. The van der Waals surface area contributed by atoms with Gasteiger partial charge in [-0.2, -0.15) is 0 Å². The number of benzene rings is 1. The van der Waals surface area contributed by atoms with Crippen molar-refractivity contribution < 1.29 is 14.7 Å². The number of carbonyl (C=O) groups is 2. The Balaban J connectivity index is 2.44. The van der Waals surface area contributed by atoms with Crippen LogP contribution in [0.1, 0.15) is 15.9 Å². The molecule has 3 heteroatoms. The summed E-state index contributed by atoms with van der Waals surface area (Å²) in [4.78, 5) is 22.0. The largest absolute Gasteiger partial charge is 0.478 e. The zero-order valence-electron chi connectivity index (χ0n) is 7.36. The molecule has 3 nitrogen and oxygen atoms in total. The van der Waals surface area contributed by atoms with E-state index in [9.17, 15) is 9.59 Å². The molecule has 1 aliphatic rings. The molecule has 0 radical (unpaired) electrons. The molecule has 1 N–H and O–H groups in total. The molecule has 0 saturated carbocycles. The van der Waals surface area contributed by atoms with Gasteiger partial charge in [0, 0.05) is 23.6 Å². The Morgan fingerprint density at radius 3 is 2.71 bits per heavy atom. The van der Waals surface area contributed by atoms with Gasteiger partial charge in [0.15, 0.2) is 5.78 Å². The lowest BCUT2D eigenvalue weighted by molar-refractivity contribution is -0.131. The second kappa shape index (κ2) is 3.10. The van der Waals surface area contributed by atoms with Gasteiger partial charge in [-0.25, -0.2) is 4.79 Å². The SMILES string of the molecule is O=C(O)/C=C1/Cc2ccccc2C1=O. The summed E-state index contributed by atoms with van der Waals surface area (Å²) >= 11 is 0. The van der Waals surface area contributed by atoms with Crippen molar-refractivity contribution in [1.82, 2.24) is 0 Å². The number of ketones is 1. The van der Waals surface area contributed by atoms with Crippen molar-refractivity contribution in [2.45, 2.75) is 6.42 Å². The Bertz CT molecular complexity index is 444. The van der Waals surface area contributed by atoms with Crippen LogP contribution in [0.15, 0.2) is 35.9 Å². The highest BCUT2D eigenvalue weighted by Crippen LogP contribution is 2.25. The van der Waals surface area contributed by atoms with Crippen LogP contribution in [0.5, 0.6) is 0 Å². The van der Waals surface area contributed by atoms with Crippen LogP contribution >= 0.6 is 0 Å². The number of fused-ring (bicyclic) bond motifs is 1. The average Bonchev–Trinajstić information content (AvgIpc) is 2.44. The molecule has 0 heterocycles. The van der Waals surface area contributed by atoms with Crippen molar-refractivity contribution in [3.63, 3.8) is 0 Å². The molecule has 0 saturated heterocycles. The third-order valence-electron chi connectivity index (χ3n) is 2.23. The summed E-state index contributed by atoms with van der Waals surface area (Å²) in [5.41, 5.74) is 1.89. The van der Waals surface area contributed by atoms with Gasteiger partial charge >= 0.3 is 5.97 Å². The third kappa shape index (κ3) is 1.33. The van der Waals surface area contributed by atoms with E-state index < -0.39 is 5.97 Å². The summed E-state index contributed by atoms with van der Waals surface area (Å²) in [6.45, 7) is 0. The first-order valence-electron chi connectivity index (χ1n) is 4.24. The lowest BCUT2D eigenvalue weighted by Crippen LogP contribution is -1.99. The van der Waals surface area contributed by atoms with Crippen LogP contribution in [0.2, 0.25) is 0 Å². The number of Topliss-reactive ketones (excluding diaryl/α,β-unsaturated/α-hetero) is 1. The van der Waals surface area contributed by atoms with Gasteiger partial charge in [0.2, 0.25) is 0 Å². The molecule has 0 bridgehead atoms. The van der Waals surface area contributed by atoms with Crippen LogP contribution in [0.25, 0.3) is 0 Å². The molecular formula is C11H8O3. The molecule has 0 amide bonds. The predicted molar refractivity (Wildman–Crippen MR) is 50.2 cm³/mol. The molecule has 0 aliphatic heterocycles. The van der Waals surface area contributed by atoms with E-state index in [1.54, 1.807) is 12.1 Å². The highest BCUT2D eigenvalue weighted by molar-refractivity contribution is 6.15. The monoisotopic (exact) mass is 188 g/mol. The Morgan fingerprint density at radius 2 is 2.07 bits per heavy atom. The summed E-state index contributed by atoms with van der Waals surface area (Å²) in [6.07, 6.45) is 1.42. The second-order valence-electron chi connectivity index (χ2n) is 3.17. The van der Waals surface area contributed by atoms with E-state index in [0.29, 0.717) is 17.6 Å². The average molecular weight is 188 g/mol. The molecule has 1 aromatic rings. The van der Waals surface area contributed by atoms with E-state index in [-0.39, 0.29) is 5.78 Å². The van der Waals surface area contributed by atoms with Crippen molar-refractivity contribution in [1.29, 1.82) is 0 Å². The van der Waals surface area contributed by atoms with E-state index in [4.69, 9.17) is 5.11 Å². The molecule has 0 unspecified atom stereocenters. The molecular weight excluding hydrogens is 180 g/mol. The first-order chi connectivity index (χ1) is 6.68. The van der Waals surface area contributed by atoms with Crippen molar-refractivity contribution >= 4 is 11.8 Å². The number of aliphatic carboxylic acids is 1. The molecule has 14 heavy (non-hydrogen) atoms. The summed E-state index contributed by atoms with van der Waals surface area (Å²) in [7, 11) is 0. The number of carboxylic acids is 1. The fourth-order valence-electron chi connectivity index (χ4n) is 1.62. The lowest BCUT2D eigenvalue weighted by atomic mass is 10.1. The smallest absolute Gasteiger partial charge is 0.328 e. The highest BCUT2D eigenvalue weighted by atomic mass is 16.4. The van der Waals surface area contributed by atoms with E-state index in [0.717, 1.165) is 11.6 Å². The number of carboxylic acid groups (broad SMARTS) is 1. The third-order valence-corrected chi connectivity index (χ3v) is 2.23. The fourth-order valence-corrected chi connectivity index (χ4v) is 1.62. The quantitative estimate of drug-likeness (QED) is 0.678. The zero-order chi connectivity index (χ0) is 10.1. The molecule has 2 rings (SSSR count). The summed E-state index contributed by atoms with van der Waals surface area (Å²) in [5.74, 6) is -1.23. The topological polar surface area (TPSA) is 54.4 Å². The summed E-state index contributed by atoms with van der Waals surface area (Å²) in [6, 6.07) is 7.19. The van der Waals surface area contributed by atoms with Crippen LogP contribution in [0.4, 0.5) is 0 Å². The number of carbonyl (C=O) groups excluding carboxylic acids is 1. The molecule has 0 spiro atoms. The summed E-state index contributed by atoms with van der Waals surface area (Å²) < 4.78 is 0. The molecule has 0 aromatic heterocycles. The molecule has 0 fully saturated rings. The van der Waals surface area contributed by atoms with Gasteiger partial charge in [-0.3, -0.25) is 4.79 Å². The van der Waals surface area contributed by atoms with E-state index in [1.165, 1.54) is 0 Å². The summed E-state index contributed by atoms with van der Waals surface area (Å²) in [5, 5.41) is 8.54. The fraction of sp³-hybridized carbons (Fsp3) is 0.0909. The minimum atomic E-state index is -1.07. The normalized spacial score (nSPS) is 17.1. The molecule has 1 aromatic carbocycles. The van der Waals surface area contributed by atoms with Gasteiger partial charge in [-0.1, -0.05) is 24.3 Å². The van der Waals surface area contributed by atoms with Crippen LogP contribution in [-0.2, 0) is 11.2 Å². The van der Waals surface area contributed by atoms with E-state index in [1.807, 2.05) is 12.1 Å². The maximum Gasteiger partial charge on any atom is 0.328 e. The van der Waals surface area contributed by atoms with Crippen LogP contribution in [-0.4, -0.2) is 16.9 Å². The van der Waals surface area contributed by atoms with E-state index >= 15 is 0 Å². The van der Waals surface area contributed by atoms with Crippen molar-refractivity contribution in [3.05, 3.63) is 47.0 Å². The minimum Gasteiger partial charge on any atom is -0.478 e. The predicted octanol–water partition coefficient (Wildman–Crippen LogP) is 1.44. The van der Waals surface area contributed by atoms with Gasteiger partial charge < -0.3 is 5.11 Å².